The minimum atomic E-state index is -0.361. The Morgan fingerprint density at radius 2 is 2.11 bits per heavy atom. The molecule has 0 spiro atoms. The Morgan fingerprint density at radius 3 is 2.78 bits per heavy atom. The van der Waals surface area contributed by atoms with E-state index in [9.17, 15) is 4.39 Å². The number of hydrogen-bond acceptors (Lipinski definition) is 2. The van der Waals surface area contributed by atoms with E-state index in [0.717, 1.165) is 23.9 Å². The van der Waals surface area contributed by atoms with E-state index in [-0.39, 0.29) is 11.6 Å². The minimum absolute atomic E-state index is 0.267. The van der Waals surface area contributed by atoms with Crippen molar-refractivity contribution in [2.75, 3.05) is 7.11 Å². The molecule has 0 radical (unpaired) electrons. The number of benzene rings is 1. The molecule has 3 nitrogen and oxygen atoms in total. The number of rotatable bonds is 2. The van der Waals surface area contributed by atoms with Gasteiger partial charge in [-0.3, -0.25) is 0 Å². The van der Waals surface area contributed by atoms with Crippen molar-refractivity contribution < 1.29 is 9.13 Å². The number of methoxy groups -OCH3 is 1. The van der Waals surface area contributed by atoms with Gasteiger partial charge < -0.3 is 14.3 Å². The molecule has 0 atom stereocenters. The Hall–Kier alpha value is -1.36. The van der Waals surface area contributed by atoms with Gasteiger partial charge in [0.2, 0.25) is 0 Å². The Kier molecular flexibility index (Phi) is 2.86. The molecule has 3 rings (SSSR count). The van der Waals surface area contributed by atoms with Gasteiger partial charge in [-0.15, -0.1) is 0 Å². The van der Waals surface area contributed by atoms with Crippen molar-refractivity contribution in [2.24, 2.45) is 0 Å². The second-order valence-corrected chi connectivity index (χ2v) is 5.13. The topological polar surface area (TPSA) is 29.9 Å². The van der Waals surface area contributed by atoms with Gasteiger partial charge >= 0.3 is 0 Å². The van der Waals surface area contributed by atoms with E-state index in [1.54, 1.807) is 6.07 Å². The smallest absolute Gasteiger partial charge is 0.178 e. The van der Waals surface area contributed by atoms with E-state index in [0.29, 0.717) is 10.8 Å². The van der Waals surface area contributed by atoms with Crippen molar-refractivity contribution in [2.45, 2.75) is 31.7 Å². The maximum absolute atomic E-state index is 13.6. The van der Waals surface area contributed by atoms with Crippen LogP contribution >= 0.6 is 12.2 Å². The van der Waals surface area contributed by atoms with Crippen LogP contribution in [0.2, 0.25) is 0 Å². The first-order valence-electron chi connectivity index (χ1n) is 6.18. The van der Waals surface area contributed by atoms with Crippen LogP contribution in [0.25, 0.3) is 11.0 Å². The number of H-pyrrole nitrogens is 1. The van der Waals surface area contributed by atoms with Crippen molar-refractivity contribution in [1.29, 1.82) is 0 Å². The zero-order chi connectivity index (χ0) is 12.7. The lowest BCUT2D eigenvalue weighted by Crippen LogP contribution is -2.04. The van der Waals surface area contributed by atoms with E-state index in [1.807, 2.05) is 0 Å². The lowest BCUT2D eigenvalue weighted by molar-refractivity contribution is 0.387. The normalized spacial score (nSPS) is 16.6. The summed E-state index contributed by atoms with van der Waals surface area (Å²) in [6, 6.07) is 3.62. The monoisotopic (exact) mass is 266 g/mol. The van der Waals surface area contributed by atoms with Crippen molar-refractivity contribution in [1.82, 2.24) is 9.55 Å². The van der Waals surface area contributed by atoms with Crippen LogP contribution in [0.4, 0.5) is 4.39 Å². The summed E-state index contributed by atoms with van der Waals surface area (Å²) in [5.74, 6) is -0.0944. The molecule has 5 heteroatoms. The molecule has 1 aliphatic carbocycles. The molecule has 1 fully saturated rings. The standard InChI is InChI=1S/C13H15FN2OS/c1-17-12-7-11-10(6-9(12)14)15-13(18)16(11)8-4-2-3-5-8/h6-8H,2-5H2,1H3,(H,15,18). The van der Waals surface area contributed by atoms with Crippen LogP contribution < -0.4 is 4.74 Å². The van der Waals surface area contributed by atoms with Gasteiger partial charge in [0.1, 0.15) is 0 Å². The highest BCUT2D eigenvalue weighted by Crippen LogP contribution is 2.34. The average Bonchev–Trinajstić information content (AvgIpc) is 2.94. The van der Waals surface area contributed by atoms with Crippen LogP contribution in [-0.2, 0) is 0 Å². The van der Waals surface area contributed by atoms with E-state index >= 15 is 0 Å². The average molecular weight is 266 g/mol. The molecule has 1 N–H and O–H groups in total. The van der Waals surface area contributed by atoms with Gasteiger partial charge in [0.05, 0.1) is 18.1 Å². The molecule has 0 unspecified atom stereocenters. The van der Waals surface area contributed by atoms with Crippen LogP contribution in [0.15, 0.2) is 12.1 Å². The minimum Gasteiger partial charge on any atom is -0.494 e. The van der Waals surface area contributed by atoms with Crippen molar-refractivity contribution in [3.63, 3.8) is 0 Å². The summed E-state index contributed by atoms with van der Waals surface area (Å²) in [5, 5.41) is 0. The van der Waals surface area contributed by atoms with Gasteiger partial charge in [-0.2, -0.15) is 0 Å². The summed E-state index contributed by atoms with van der Waals surface area (Å²) in [7, 11) is 1.48. The third-order valence-electron chi connectivity index (χ3n) is 3.68. The predicted molar refractivity (Wildman–Crippen MR) is 71.1 cm³/mol. The lowest BCUT2D eigenvalue weighted by atomic mass is 10.2. The van der Waals surface area contributed by atoms with Crippen LogP contribution in [-0.4, -0.2) is 16.7 Å². The first-order chi connectivity index (χ1) is 8.70. The summed E-state index contributed by atoms with van der Waals surface area (Å²) < 4.78 is 21.5. The van der Waals surface area contributed by atoms with Crippen LogP contribution in [0.1, 0.15) is 31.7 Å². The van der Waals surface area contributed by atoms with E-state index in [4.69, 9.17) is 17.0 Å². The third-order valence-corrected chi connectivity index (χ3v) is 3.98. The Balaban J connectivity index is 2.23. The maximum Gasteiger partial charge on any atom is 0.178 e. The zero-order valence-corrected chi connectivity index (χ0v) is 11.0. The van der Waals surface area contributed by atoms with E-state index < -0.39 is 0 Å². The summed E-state index contributed by atoms with van der Waals surface area (Å²) in [6.07, 6.45) is 4.75. The summed E-state index contributed by atoms with van der Waals surface area (Å²) in [6.45, 7) is 0. The van der Waals surface area contributed by atoms with Crippen LogP contribution in [0.5, 0.6) is 5.75 Å². The first-order valence-corrected chi connectivity index (χ1v) is 6.59. The predicted octanol–water partition coefficient (Wildman–Crippen LogP) is 3.96. The second kappa shape index (κ2) is 4.39. The number of nitrogens with one attached hydrogen (secondary N) is 1. The highest BCUT2D eigenvalue weighted by molar-refractivity contribution is 7.71. The highest BCUT2D eigenvalue weighted by Gasteiger charge is 2.20. The largest absolute Gasteiger partial charge is 0.494 e. The Morgan fingerprint density at radius 1 is 1.39 bits per heavy atom. The molecule has 2 aromatic rings. The van der Waals surface area contributed by atoms with Crippen LogP contribution in [0.3, 0.4) is 0 Å². The van der Waals surface area contributed by atoms with Gasteiger partial charge in [-0.1, -0.05) is 12.8 Å². The Labute approximate surface area is 110 Å². The molecule has 18 heavy (non-hydrogen) atoms. The number of halogens is 1. The first kappa shape index (κ1) is 11.7. The summed E-state index contributed by atoms with van der Waals surface area (Å²) >= 11 is 5.36. The molecule has 1 aromatic carbocycles. The molecular weight excluding hydrogens is 251 g/mol. The number of hydrogen-bond donors (Lipinski definition) is 1. The fraction of sp³-hybridized carbons (Fsp3) is 0.462. The molecule has 1 aliphatic rings. The molecule has 0 bridgehead atoms. The quantitative estimate of drug-likeness (QED) is 0.834. The number of ether oxygens (including phenoxy) is 1. The van der Waals surface area contributed by atoms with Gasteiger partial charge in [-0.05, 0) is 25.1 Å². The number of fused-ring (bicyclic) bond motifs is 1. The third kappa shape index (κ3) is 1.73. The summed E-state index contributed by atoms with van der Waals surface area (Å²) in [5.41, 5.74) is 1.68. The van der Waals surface area contributed by atoms with E-state index in [1.165, 1.54) is 26.0 Å². The molecule has 1 saturated carbocycles. The number of aromatic amines is 1. The van der Waals surface area contributed by atoms with Gasteiger partial charge in [-0.25, -0.2) is 4.39 Å². The molecule has 0 amide bonds. The maximum atomic E-state index is 13.6. The molecule has 96 valence electrons. The van der Waals surface area contributed by atoms with Crippen molar-refractivity contribution >= 4 is 23.3 Å². The molecule has 1 aromatic heterocycles. The van der Waals surface area contributed by atoms with Gasteiger partial charge in [0, 0.05) is 18.2 Å². The fourth-order valence-corrected chi connectivity index (χ4v) is 3.17. The SMILES string of the molecule is COc1cc2c(cc1F)[nH]c(=S)n2C1CCCC1. The molecule has 0 aliphatic heterocycles. The van der Waals surface area contributed by atoms with E-state index in [2.05, 4.69) is 9.55 Å². The number of aromatic nitrogens is 2. The fourth-order valence-electron chi connectivity index (χ4n) is 2.81. The number of imidazole rings is 1. The van der Waals surface area contributed by atoms with Crippen molar-refractivity contribution in [3.8, 4) is 5.75 Å². The number of nitrogens with zero attached hydrogens (tertiary/aromatic N) is 1. The van der Waals surface area contributed by atoms with Gasteiger partial charge in [0.25, 0.3) is 0 Å². The molecule has 0 saturated heterocycles. The summed E-state index contributed by atoms with van der Waals surface area (Å²) in [4.78, 5) is 3.08. The molecule has 1 heterocycles. The van der Waals surface area contributed by atoms with Crippen molar-refractivity contribution in [3.05, 3.63) is 22.7 Å². The highest BCUT2D eigenvalue weighted by atomic mass is 32.1. The Bertz CT molecular complexity index is 640. The van der Waals surface area contributed by atoms with Crippen LogP contribution in [0, 0.1) is 10.6 Å². The molecular formula is C13H15FN2OS. The second-order valence-electron chi connectivity index (χ2n) is 4.74. The van der Waals surface area contributed by atoms with Gasteiger partial charge in [0.15, 0.2) is 16.3 Å². The lowest BCUT2D eigenvalue weighted by Gasteiger charge is -2.13. The zero-order valence-electron chi connectivity index (χ0n) is 10.2.